The first-order chi connectivity index (χ1) is 8.90. The molecule has 0 spiro atoms. The van der Waals surface area contributed by atoms with E-state index in [0.29, 0.717) is 10.5 Å². The molecule has 0 amide bonds. The summed E-state index contributed by atoms with van der Waals surface area (Å²) in [5, 5.41) is 3.52. The average Bonchev–Trinajstić information content (AvgIpc) is 2.27. The van der Waals surface area contributed by atoms with Crippen molar-refractivity contribution >= 4 is 37.6 Å². The van der Waals surface area contributed by atoms with Crippen LogP contribution in [-0.4, -0.2) is 27.0 Å². The lowest BCUT2D eigenvalue weighted by Crippen LogP contribution is -2.46. The van der Waals surface area contributed by atoms with Gasteiger partial charge in [-0.15, -0.1) is 0 Å². The van der Waals surface area contributed by atoms with Gasteiger partial charge in [0.2, 0.25) is 10.0 Å². The number of rotatable bonds is 3. The van der Waals surface area contributed by atoms with Gasteiger partial charge in [0.25, 0.3) is 0 Å². The van der Waals surface area contributed by atoms with Gasteiger partial charge in [-0.3, -0.25) is 0 Å². The molecule has 7 heteroatoms. The normalized spacial score (nSPS) is 24.4. The van der Waals surface area contributed by atoms with Crippen molar-refractivity contribution in [2.75, 3.05) is 6.54 Å². The molecule has 0 aliphatic carbocycles. The van der Waals surface area contributed by atoms with Gasteiger partial charge >= 0.3 is 0 Å². The quantitative estimate of drug-likeness (QED) is 0.863. The first kappa shape index (κ1) is 15.3. The molecule has 106 valence electrons. The van der Waals surface area contributed by atoms with Gasteiger partial charge < -0.3 is 5.32 Å². The molecule has 1 aliphatic rings. The van der Waals surface area contributed by atoms with E-state index in [0.717, 1.165) is 19.4 Å². The van der Waals surface area contributed by atoms with Crippen LogP contribution in [0.2, 0.25) is 5.02 Å². The first-order valence-corrected chi connectivity index (χ1v) is 8.75. The van der Waals surface area contributed by atoms with E-state index in [1.54, 1.807) is 18.2 Å². The van der Waals surface area contributed by atoms with Crippen LogP contribution in [0.25, 0.3) is 0 Å². The number of benzene rings is 1. The predicted octanol–water partition coefficient (Wildman–Crippen LogP) is 2.52. The van der Waals surface area contributed by atoms with Crippen LogP contribution in [0.15, 0.2) is 27.6 Å². The van der Waals surface area contributed by atoms with Crippen LogP contribution in [0.5, 0.6) is 0 Å². The zero-order chi connectivity index (χ0) is 14.0. The van der Waals surface area contributed by atoms with E-state index >= 15 is 0 Å². The third kappa shape index (κ3) is 3.70. The van der Waals surface area contributed by atoms with Crippen molar-refractivity contribution in [3.8, 4) is 0 Å². The van der Waals surface area contributed by atoms with Gasteiger partial charge in [-0.05, 0) is 54.4 Å². The van der Waals surface area contributed by atoms with E-state index in [-0.39, 0.29) is 16.0 Å². The summed E-state index contributed by atoms with van der Waals surface area (Å²) in [5.41, 5.74) is 0. The molecule has 19 heavy (non-hydrogen) atoms. The average molecular weight is 368 g/mol. The zero-order valence-electron chi connectivity index (χ0n) is 10.5. The summed E-state index contributed by atoms with van der Waals surface area (Å²) in [4.78, 5) is 0.114. The van der Waals surface area contributed by atoms with Crippen molar-refractivity contribution in [2.45, 2.75) is 36.7 Å². The fourth-order valence-electron chi connectivity index (χ4n) is 2.26. The highest BCUT2D eigenvalue weighted by Gasteiger charge is 2.27. The van der Waals surface area contributed by atoms with Crippen LogP contribution < -0.4 is 10.0 Å². The number of hydrogen-bond donors (Lipinski definition) is 2. The van der Waals surface area contributed by atoms with Crippen LogP contribution in [0, 0.1) is 0 Å². The third-order valence-electron chi connectivity index (χ3n) is 3.13. The lowest BCUT2D eigenvalue weighted by molar-refractivity contribution is 0.361. The van der Waals surface area contributed by atoms with Crippen molar-refractivity contribution in [1.82, 2.24) is 10.0 Å². The molecule has 0 aromatic heterocycles. The molecule has 4 nitrogen and oxygen atoms in total. The third-order valence-corrected chi connectivity index (χ3v) is 6.10. The van der Waals surface area contributed by atoms with E-state index < -0.39 is 10.0 Å². The summed E-state index contributed by atoms with van der Waals surface area (Å²) in [5.74, 6) is 0. The summed E-state index contributed by atoms with van der Waals surface area (Å²) in [7, 11) is -3.60. The number of halogens is 2. The summed E-state index contributed by atoms with van der Waals surface area (Å²) in [6.45, 7) is 2.86. The summed E-state index contributed by atoms with van der Waals surface area (Å²) in [6.07, 6.45) is 1.56. The molecule has 2 atom stereocenters. The monoisotopic (exact) mass is 366 g/mol. The van der Waals surface area contributed by atoms with Crippen LogP contribution in [-0.2, 0) is 10.0 Å². The maximum Gasteiger partial charge on any atom is 0.243 e. The Bertz CT molecular complexity index is 545. The Morgan fingerprint density at radius 2 is 2.21 bits per heavy atom. The molecule has 0 saturated carbocycles. The zero-order valence-corrected chi connectivity index (χ0v) is 13.6. The first-order valence-electron chi connectivity index (χ1n) is 6.10. The van der Waals surface area contributed by atoms with E-state index in [9.17, 15) is 8.42 Å². The van der Waals surface area contributed by atoms with Crippen molar-refractivity contribution < 1.29 is 8.42 Å². The molecule has 0 radical (unpaired) electrons. The second kappa shape index (κ2) is 6.10. The van der Waals surface area contributed by atoms with Crippen molar-refractivity contribution in [1.29, 1.82) is 0 Å². The van der Waals surface area contributed by atoms with E-state index in [1.807, 2.05) is 6.92 Å². The molecule has 1 aromatic carbocycles. The minimum absolute atomic E-state index is 0.0515. The molecule has 1 aliphatic heterocycles. The predicted molar refractivity (Wildman–Crippen MR) is 80.0 cm³/mol. The molecule has 1 fully saturated rings. The second-order valence-corrected chi connectivity index (χ2v) is 7.66. The molecule has 2 rings (SSSR count). The number of nitrogens with one attached hydrogen (secondary N) is 2. The summed E-state index contributed by atoms with van der Waals surface area (Å²) >= 11 is 9.24. The Kier molecular flexibility index (Phi) is 4.89. The lowest BCUT2D eigenvalue weighted by Gasteiger charge is -2.28. The maximum absolute atomic E-state index is 12.4. The Labute approximate surface area is 127 Å². The Hall–Kier alpha value is -0.140. The SMILES string of the molecule is CC1CC(NS(=O)(=O)c2c(Cl)cccc2Br)CCN1. The number of piperidine rings is 1. The highest BCUT2D eigenvalue weighted by molar-refractivity contribution is 9.10. The van der Waals surface area contributed by atoms with E-state index in [2.05, 4.69) is 26.0 Å². The number of hydrogen-bond acceptors (Lipinski definition) is 3. The Balaban J connectivity index is 2.23. The fourth-order valence-corrected chi connectivity index (χ4v) is 5.28. The van der Waals surface area contributed by atoms with Gasteiger partial charge in [0.05, 0.1) is 5.02 Å². The van der Waals surface area contributed by atoms with Gasteiger partial charge in [-0.25, -0.2) is 13.1 Å². The lowest BCUT2D eigenvalue weighted by atomic mass is 10.0. The van der Waals surface area contributed by atoms with E-state index in [1.165, 1.54) is 0 Å². The Morgan fingerprint density at radius 1 is 1.47 bits per heavy atom. The Morgan fingerprint density at radius 3 is 2.84 bits per heavy atom. The van der Waals surface area contributed by atoms with Gasteiger partial charge in [0, 0.05) is 16.6 Å². The van der Waals surface area contributed by atoms with Crippen LogP contribution in [0.1, 0.15) is 19.8 Å². The molecule has 2 N–H and O–H groups in total. The molecule has 0 bridgehead atoms. The van der Waals surface area contributed by atoms with Crippen LogP contribution in [0.3, 0.4) is 0 Å². The molecular weight excluding hydrogens is 352 g/mol. The summed E-state index contributed by atoms with van der Waals surface area (Å²) < 4.78 is 28.0. The topological polar surface area (TPSA) is 58.2 Å². The van der Waals surface area contributed by atoms with Crippen molar-refractivity contribution in [3.63, 3.8) is 0 Å². The van der Waals surface area contributed by atoms with Crippen LogP contribution >= 0.6 is 27.5 Å². The van der Waals surface area contributed by atoms with Gasteiger partial charge in [0.15, 0.2) is 0 Å². The molecule has 1 saturated heterocycles. The van der Waals surface area contributed by atoms with Crippen molar-refractivity contribution in [2.24, 2.45) is 0 Å². The minimum atomic E-state index is -3.60. The van der Waals surface area contributed by atoms with Crippen LogP contribution in [0.4, 0.5) is 0 Å². The largest absolute Gasteiger partial charge is 0.314 e. The summed E-state index contributed by atoms with van der Waals surface area (Å²) in [6, 6.07) is 5.22. The fraction of sp³-hybridized carbons (Fsp3) is 0.500. The highest BCUT2D eigenvalue weighted by atomic mass is 79.9. The van der Waals surface area contributed by atoms with E-state index in [4.69, 9.17) is 11.6 Å². The smallest absolute Gasteiger partial charge is 0.243 e. The van der Waals surface area contributed by atoms with Crippen molar-refractivity contribution in [3.05, 3.63) is 27.7 Å². The molecule has 1 aromatic rings. The minimum Gasteiger partial charge on any atom is -0.314 e. The maximum atomic E-state index is 12.4. The second-order valence-electron chi connectivity index (χ2n) is 4.75. The van der Waals surface area contributed by atoms with Gasteiger partial charge in [0.1, 0.15) is 4.90 Å². The van der Waals surface area contributed by atoms with Gasteiger partial charge in [-0.1, -0.05) is 17.7 Å². The molecular formula is C12H16BrClN2O2S. The molecule has 1 heterocycles. The number of sulfonamides is 1. The van der Waals surface area contributed by atoms with Gasteiger partial charge in [-0.2, -0.15) is 0 Å². The molecule has 2 unspecified atom stereocenters. The highest BCUT2D eigenvalue weighted by Crippen LogP contribution is 2.29. The standard InChI is InChI=1S/C12H16BrClN2O2S/c1-8-7-9(5-6-15-8)16-19(17,18)12-10(13)3-2-4-11(12)14/h2-4,8-9,15-16H,5-7H2,1H3.